The molecule has 0 fully saturated rings. The van der Waals surface area contributed by atoms with E-state index in [0.717, 1.165) is 25.2 Å². The summed E-state index contributed by atoms with van der Waals surface area (Å²) in [5.74, 6) is 0. The maximum absolute atomic E-state index is 4.49. The first kappa shape index (κ1) is 17.4. The Morgan fingerprint density at radius 2 is 1.92 bits per heavy atom. The molecular weight excluding hydrogens is 308 g/mol. The van der Waals surface area contributed by atoms with Crippen molar-refractivity contribution in [1.29, 1.82) is 0 Å². The van der Waals surface area contributed by atoms with Crippen molar-refractivity contribution in [2.24, 2.45) is 0 Å². The summed E-state index contributed by atoms with van der Waals surface area (Å²) in [5.41, 5.74) is 5.04. The molecule has 130 valence electrons. The minimum atomic E-state index is 0.434. The van der Waals surface area contributed by atoms with E-state index < -0.39 is 0 Å². The van der Waals surface area contributed by atoms with E-state index in [1.165, 1.54) is 16.7 Å². The molecule has 0 saturated carbocycles. The molecule has 0 aliphatic carbocycles. The molecule has 0 spiro atoms. The van der Waals surface area contributed by atoms with E-state index in [2.05, 4.69) is 66.2 Å². The lowest BCUT2D eigenvalue weighted by atomic mass is 10.1. The molecule has 2 heterocycles. The predicted octanol–water partition coefficient (Wildman–Crippen LogP) is 3.70. The van der Waals surface area contributed by atoms with Crippen LogP contribution in [0.25, 0.3) is 0 Å². The fraction of sp³-hybridized carbons (Fsp3) is 0.333. The summed E-state index contributed by atoms with van der Waals surface area (Å²) in [4.78, 5) is 6.87. The lowest BCUT2D eigenvalue weighted by Gasteiger charge is -2.25. The van der Waals surface area contributed by atoms with Gasteiger partial charge in [-0.1, -0.05) is 24.3 Å². The number of benzene rings is 1. The molecule has 0 amide bonds. The van der Waals surface area contributed by atoms with E-state index in [4.69, 9.17) is 0 Å². The van der Waals surface area contributed by atoms with Gasteiger partial charge in [0, 0.05) is 43.3 Å². The van der Waals surface area contributed by atoms with Gasteiger partial charge in [0.25, 0.3) is 0 Å². The van der Waals surface area contributed by atoms with Gasteiger partial charge in [-0.2, -0.15) is 5.10 Å². The SMILES string of the molecule is Cc1ccnc(C[C@@H](C)N(C)Cc2cccc(Cn3cccn3)c2)c1. The standard InChI is InChI=1S/C21H26N4/c1-17-8-10-22-21(12-17)13-18(2)24(3)15-19-6-4-7-20(14-19)16-25-11-5-9-23-25/h4-12,14,18H,13,15-16H2,1-3H3/t18-/m1/s1. The lowest BCUT2D eigenvalue weighted by molar-refractivity contribution is 0.247. The zero-order valence-corrected chi connectivity index (χ0v) is 15.3. The van der Waals surface area contributed by atoms with E-state index in [-0.39, 0.29) is 0 Å². The summed E-state index contributed by atoms with van der Waals surface area (Å²) in [5, 5.41) is 4.28. The number of pyridine rings is 1. The van der Waals surface area contributed by atoms with Crippen LogP contribution in [0.4, 0.5) is 0 Å². The summed E-state index contributed by atoms with van der Waals surface area (Å²) in [6.45, 7) is 6.12. The third-order valence-electron chi connectivity index (χ3n) is 4.56. The lowest BCUT2D eigenvalue weighted by Crippen LogP contribution is -2.30. The van der Waals surface area contributed by atoms with E-state index in [1.54, 1.807) is 0 Å². The van der Waals surface area contributed by atoms with E-state index in [1.807, 2.05) is 35.4 Å². The molecule has 3 rings (SSSR count). The molecule has 0 N–H and O–H groups in total. The van der Waals surface area contributed by atoms with Crippen LogP contribution in [0, 0.1) is 6.92 Å². The van der Waals surface area contributed by atoms with Gasteiger partial charge in [-0.15, -0.1) is 0 Å². The van der Waals surface area contributed by atoms with E-state index in [0.29, 0.717) is 6.04 Å². The van der Waals surface area contributed by atoms with Gasteiger partial charge < -0.3 is 0 Å². The van der Waals surface area contributed by atoms with Gasteiger partial charge in [-0.05, 0) is 55.8 Å². The van der Waals surface area contributed by atoms with Gasteiger partial charge in [0.05, 0.1) is 6.54 Å². The third kappa shape index (κ3) is 5.00. The summed E-state index contributed by atoms with van der Waals surface area (Å²) in [6, 6.07) is 15.4. The molecule has 1 atom stereocenters. The molecule has 25 heavy (non-hydrogen) atoms. The van der Waals surface area contributed by atoms with Crippen molar-refractivity contribution >= 4 is 0 Å². The average Bonchev–Trinajstić information content (AvgIpc) is 3.08. The van der Waals surface area contributed by atoms with Crippen LogP contribution in [0.1, 0.15) is 29.3 Å². The second-order valence-electron chi connectivity index (χ2n) is 6.82. The molecule has 0 unspecified atom stereocenters. The number of hydrogen-bond donors (Lipinski definition) is 0. The summed E-state index contributed by atoms with van der Waals surface area (Å²) < 4.78 is 1.95. The smallest absolute Gasteiger partial charge is 0.0659 e. The van der Waals surface area contributed by atoms with Gasteiger partial charge >= 0.3 is 0 Å². The first-order chi connectivity index (χ1) is 12.1. The highest BCUT2D eigenvalue weighted by Crippen LogP contribution is 2.13. The molecule has 0 radical (unpaired) electrons. The molecule has 0 saturated heterocycles. The zero-order valence-electron chi connectivity index (χ0n) is 15.3. The topological polar surface area (TPSA) is 34.0 Å². The van der Waals surface area contributed by atoms with Gasteiger partial charge in [0.1, 0.15) is 0 Å². The van der Waals surface area contributed by atoms with E-state index >= 15 is 0 Å². The van der Waals surface area contributed by atoms with Crippen LogP contribution >= 0.6 is 0 Å². The van der Waals surface area contributed by atoms with E-state index in [9.17, 15) is 0 Å². The van der Waals surface area contributed by atoms with Crippen LogP contribution < -0.4 is 0 Å². The van der Waals surface area contributed by atoms with Crippen LogP contribution in [0.5, 0.6) is 0 Å². The highest BCUT2D eigenvalue weighted by molar-refractivity contribution is 5.24. The van der Waals surface area contributed by atoms with Crippen LogP contribution in [0.3, 0.4) is 0 Å². The predicted molar refractivity (Wildman–Crippen MR) is 101 cm³/mol. The van der Waals surface area contributed by atoms with Crippen molar-refractivity contribution in [3.05, 3.63) is 83.4 Å². The Labute approximate surface area is 150 Å². The van der Waals surface area contributed by atoms with Crippen LogP contribution in [-0.4, -0.2) is 32.8 Å². The summed E-state index contributed by atoms with van der Waals surface area (Å²) in [7, 11) is 2.18. The Balaban J connectivity index is 1.61. The van der Waals surface area contributed by atoms with Crippen molar-refractivity contribution in [3.63, 3.8) is 0 Å². The molecule has 4 heteroatoms. The molecule has 4 nitrogen and oxygen atoms in total. The highest BCUT2D eigenvalue weighted by Gasteiger charge is 2.12. The molecular formula is C21H26N4. The van der Waals surface area contributed by atoms with Crippen LogP contribution in [-0.2, 0) is 19.5 Å². The van der Waals surface area contributed by atoms with Gasteiger partial charge in [0.15, 0.2) is 0 Å². The van der Waals surface area contributed by atoms with Gasteiger partial charge in [-0.3, -0.25) is 14.6 Å². The molecule has 0 aliphatic heterocycles. The first-order valence-electron chi connectivity index (χ1n) is 8.77. The maximum atomic E-state index is 4.49. The fourth-order valence-corrected chi connectivity index (χ4v) is 3.02. The Hall–Kier alpha value is -2.46. The highest BCUT2D eigenvalue weighted by atomic mass is 15.3. The normalized spacial score (nSPS) is 12.5. The Morgan fingerprint density at radius 3 is 2.68 bits per heavy atom. The maximum Gasteiger partial charge on any atom is 0.0659 e. The van der Waals surface area contributed by atoms with Crippen molar-refractivity contribution in [1.82, 2.24) is 19.7 Å². The molecule has 1 aromatic carbocycles. The third-order valence-corrected chi connectivity index (χ3v) is 4.56. The number of aromatic nitrogens is 3. The second kappa shape index (κ2) is 8.08. The fourth-order valence-electron chi connectivity index (χ4n) is 3.02. The Morgan fingerprint density at radius 1 is 1.08 bits per heavy atom. The molecule has 0 aliphatic rings. The number of aryl methyl sites for hydroxylation is 1. The Kier molecular flexibility index (Phi) is 5.61. The van der Waals surface area contributed by atoms with Crippen LogP contribution in [0.2, 0.25) is 0 Å². The number of likely N-dealkylation sites (N-methyl/N-ethyl adjacent to an activating group) is 1. The monoisotopic (exact) mass is 334 g/mol. The summed E-state index contributed by atoms with van der Waals surface area (Å²) >= 11 is 0. The largest absolute Gasteiger partial charge is 0.299 e. The number of rotatable bonds is 7. The van der Waals surface area contributed by atoms with Gasteiger partial charge in [0.2, 0.25) is 0 Å². The number of hydrogen-bond acceptors (Lipinski definition) is 3. The minimum Gasteiger partial charge on any atom is -0.299 e. The Bertz CT molecular complexity index is 795. The molecule has 0 bridgehead atoms. The van der Waals surface area contributed by atoms with Crippen molar-refractivity contribution in [2.45, 2.75) is 39.4 Å². The number of nitrogens with zero attached hydrogens (tertiary/aromatic N) is 4. The average molecular weight is 334 g/mol. The molecule has 2 aromatic heterocycles. The minimum absolute atomic E-state index is 0.434. The van der Waals surface area contributed by atoms with Crippen LogP contribution in [0.15, 0.2) is 61.1 Å². The van der Waals surface area contributed by atoms with Crippen molar-refractivity contribution in [2.75, 3.05) is 7.05 Å². The van der Waals surface area contributed by atoms with Gasteiger partial charge in [-0.25, -0.2) is 0 Å². The molecule has 3 aromatic rings. The van der Waals surface area contributed by atoms with Crippen molar-refractivity contribution < 1.29 is 0 Å². The summed E-state index contributed by atoms with van der Waals surface area (Å²) in [6.07, 6.45) is 6.68. The first-order valence-corrected chi connectivity index (χ1v) is 8.77. The van der Waals surface area contributed by atoms with Crippen molar-refractivity contribution in [3.8, 4) is 0 Å². The second-order valence-corrected chi connectivity index (χ2v) is 6.82. The zero-order chi connectivity index (χ0) is 17.6. The quantitative estimate of drug-likeness (QED) is 0.661.